The van der Waals surface area contributed by atoms with Gasteiger partial charge in [-0.2, -0.15) is 0 Å². The first kappa shape index (κ1) is 12.0. The van der Waals surface area contributed by atoms with E-state index in [9.17, 15) is 0 Å². The van der Waals surface area contributed by atoms with Gasteiger partial charge in [0.1, 0.15) is 12.4 Å². The summed E-state index contributed by atoms with van der Waals surface area (Å²) in [5.41, 5.74) is 1.04. The monoisotopic (exact) mass is 283 g/mol. The number of fused-ring (bicyclic) bond motifs is 1. The highest BCUT2D eigenvalue weighted by Crippen LogP contribution is 2.32. The first-order chi connectivity index (χ1) is 10.4. The molecule has 1 aliphatic rings. The Morgan fingerprint density at radius 1 is 1.10 bits per heavy atom. The number of anilines is 1. The lowest BCUT2D eigenvalue weighted by Crippen LogP contribution is -2.32. The molecule has 0 saturated heterocycles. The molecular weight excluding hydrogens is 270 g/mol. The third-order valence-corrected chi connectivity index (χ3v) is 3.35. The van der Waals surface area contributed by atoms with Crippen LogP contribution in [-0.2, 0) is 6.54 Å². The summed E-state index contributed by atoms with van der Waals surface area (Å²) in [6.45, 7) is 1.99. The number of ether oxygens (including phenoxy) is 1. The smallest absolute Gasteiger partial charge is 0.283 e. The summed E-state index contributed by atoms with van der Waals surface area (Å²) in [7, 11) is 0. The minimum atomic E-state index is 0.400. The van der Waals surface area contributed by atoms with Crippen molar-refractivity contribution < 1.29 is 13.6 Å². The topological polar surface area (TPSA) is 64.5 Å². The van der Waals surface area contributed by atoms with Gasteiger partial charge in [-0.05, 0) is 24.3 Å². The van der Waals surface area contributed by atoms with Gasteiger partial charge in [0.15, 0.2) is 5.76 Å². The molecule has 1 aliphatic heterocycles. The summed E-state index contributed by atoms with van der Waals surface area (Å²) in [6, 6.07) is 11.5. The molecule has 2 aromatic heterocycles. The van der Waals surface area contributed by atoms with Gasteiger partial charge in [-0.25, -0.2) is 0 Å². The minimum absolute atomic E-state index is 0.400. The Balaban J connectivity index is 1.57. The van der Waals surface area contributed by atoms with Crippen molar-refractivity contribution >= 4 is 5.69 Å². The molecular formula is C15H13N3O3. The Morgan fingerprint density at radius 3 is 2.95 bits per heavy atom. The first-order valence-electron chi connectivity index (χ1n) is 6.73. The van der Waals surface area contributed by atoms with E-state index in [-0.39, 0.29) is 0 Å². The van der Waals surface area contributed by atoms with Crippen LogP contribution in [0.1, 0.15) is 5.89 Å². The van der Waals surface area contributed by atoms with Crippen molar-refractivity contribution in [3.05, 3.63) is 48.6 Å². The van der Waals surface area contributed by atoms with E-state index in [1.165, 1.54) is 0 Å². The fourth-order valence-corrected chi connectivity index (χ4v) is 2.37. The Kier molecular flexibility index (Phi) is 2.85. The van der Waals surface area contributed by atoms with Gasteiger partial charge >= 0.3 is 0 Å². The van der Waals surface area contributed by atoms with Gasteiger partial charge in [0.2, 0.25) is 5.89 Å². The number of furan rings is 1. The van der Waals surface area contributed by atoms with E-state index >= 15 is 0 Å². The molecule has 0 fully saturated rings. The molecule has 0 amide bonds. The number of para-hydroxylation sites is 2. The van der Waals surface area contributed by atoms with Crippen molar-refractivity contribution in [1.82, 2.24) is 10.2 Å². The molecule has 0 saturated carbocycles. The Morgan fingerprint density at radius 2 is 2.05 bits per heavy atom. The zero-order chi connectivity index (χ0) is 14.1. The lowest BCUT2D eigenvalue weighted by molar-refractivity contribution is 0.304. The van der Waals surface area contributed by atoms with Crippen molar-refractivity contribution in [2.24, 2.45) is 0 Å². The number of nitrogens with zero attached hydrogens (tertiary/aromatic N) is 3. The maximum absolute atomic E-state index is 5.65. The van der Waals surface area contributed by atoms with Crippen molar-refractivity contribution in [3.8, 4) is 17.4 Å². The second-order valence-corrected chi connectivity index (χ2v) is 4.72. The summed E-state index contributed by atoms with van der Waals surface area (Å²) < 4.78 is 16.5. The Labute approximate surface area is 121 Å². The average molecular weight is 283 g/mol. The SMILES string of the molecule is c1coc(-c2nnc(CN3CCOc4ccccc43)o2)c1. The van der Waals surface area contributed by atoms with Gasteiger partial charge in [-0.3, -0.25) is 0 Å². The molecule has 4 rings (SSSR count). The molecule has 1 aromatic carbocycles. The van der Waals surface area contributed by atoms with E-state index in [2.05, 4.69) is 15.1 Å². The third kappa shape index (κ3) is 2.24. The van der Waals surface area contributed by atoms with Crippen LogP contribution < -0.4 is 9.64 Å². The minimum Gasteiger partial charge on any atom is -0.490 e. The maximum Gasteiger partial charge on any atom is 0.283 e. The predicted octanol–water partition coefficient (Wildman–Crippen LogP) is 2.73. The largest absolute Gasteiger partial charge is 0.490 e. The van der Waals surface area contributed by atoms with Crippen LogP contribution in [0, 0.1) is 0 Å². The predicted molar refractivity (Wildman–Crippen MR) is 75.0 cm³/mol. The van der Waals surface area contributed by atoms with Gasteiger partial charge in [0.05, 0.1) is 25.0 Å². The molecule has 0 aliphatic carbocycles. The summed E-state index contributed by atoms with van der Waals surface area (Å²) in [5.74, 6) is 2.42. The molecule has 0 N–H and O–H groups in total. The van der Waals surface area contributed by atoms with Crippen LogP contribution in [0.2, 0.25) is 0 Å². The fraction of sp³-hybridized carbons (Fsp3) is 0.200. The van der Waals surface area contributed by atoms with Crippen molar-refractivity contribution in [2.75, 3.05) is 18.1 Å². The van der Waals surface area contributed by atoms with Crippen molar-refractivity contribution in [1.29, 1.82) is 0 Å². The molecule has 0 unspecified atom stereocenters. The highest BCUT2D eigenvalue weighted by molar-refractivity contribution is 5.59. The summed E-state index contributed by atoms with van der Waals surface area (Å²) in [6.07, 6.45) is 1.58. The normalized spacial score (nSPS) is 13.8. The van der Waals surface area contributed by atoms with Crippen LogP contribution in [0.3, 0.4) is 0 Å². The van der Waals surface area contributed by atoms with Gasteiger partial charge < -0.3 is 18.5 Å². The average Bonchev–Trinajstić information content (AvgIpc) is 3.18. The lowest BCUT2D eigenvalue weighted by Gasteiger charge is -2.29. The fourth-order valence-electron chi connectivity index (χ4n) is 2.37. The zero-order valence-corrected chi connectivity index (χ0v) is 11.2. The van der Waals surface area contributed by atoms with Crippen molar-refractivity contribution in [3.63, 3.8) is 0 Å². The van der Waals surface area contributed by atoms with Gasteiger partial charge in [-0.15, -0.1) is 10.2 Å². The van der Waals surface area contributed by atoms with E-state index in [0.717, 1.165) is 18.0 Å². The van der Waals surface area contributed by atoms with Gasteiger partial charge in [-0.1, -0.05) is 12.1 Å². The maximum atomic E-state index is 5.65. The van der Waals surface area contributed by atoms with Crippen LogP contribution in [-0.4, -0.2) is 23.3 Å². The summed E-state index contributed by atoms with van der Waals surface area (Å²) >= 11 is 0. The van der Waals surface area contributed by atoms with Crippen LogP contribution in [0.25, 0.3) is 11.7 Å². The van der Waals surface area contributed by atoms with Crippen LogP contribution in [0.4, 0.5) is 5.69 Å². The molecule has 106 valence electrons. The number of aromatic nitrogens is 2. The Bertz CT molecular complexity index is 736. The third-order valence-electron chi connectivity index (χ3n) is 3.35. The number of hydrogen-bond acceptors (Lipinski definition) is 6. The standard InChI is InChI=1S/C15H13N3O3/c1-2-5-12-11(4-1)18(7-9-20-12)10-14-16-17-15(21-14)13-6-3-8-19-13/h1-6,8H,7,9-10H2. The van der Waals surface area contributed by atoms with Crippen LogP contribution in [0.5, 0.6) is 5.75 Å². The molecule has 21 heavy (non-hydrogen) atoms. The molecule has 6 nitrogen and oxygen atoms in total. The molecule has 0 bridgehead atoms. The molecule has 0 spiro atoms. The molecule has 0 radical (unpaired) electrons. The van der Waals surface area contributed by atoms with E-state index in [0.29, 0.717) is 30.7 Å². The van der Waals surface area contributed by atoms with E-state index in [4.69, 9.17) is 13.6 Å². The highest BCUT2D eigenvalue weighted by atomic mass is 16.5. The molecule has 3 heterocycles. The Hall–Kier alpha value is -2.76. The second-order valence-electron chi connectivity index (χ2n) is 4.72. The summed E-state index contributed by atoms with van der Waals surface area (Å²) in [5, 5.41) is 8.09. The van der Waals surface area contributed by atoms with Crippen molar-refractivity contribution in [2.45, 2.75) is 6.54 Å². The second kappa shape index (κ2) is 4.97. The molecule has 6 heteroatoms. The number of hydrogen-bond donors (Lipinski definition) is 0. The first-order valence-corrected chi connectivity index (χ1v) is 6.73. The van der Waals surface area contributed by atoms with Gasteiger partial charge in [0.25, 0.3) is 5.89 Å². The van der Waals surface area contributed by atoms with Crippen LogP contribution in [0.15, 0.2) is 51.5 Å². The highest BCUT2D eigenvalue weighted by Gasteiger charge is 2.20. The van der Waals surface area contributed by atoms with Gasteiger partial charge in [0, 0.05) is 0 Å². The molecule has 3 aromatic rings. The zero-order valence-electron chi connectivity index (χ0n) is 11.2. The number of rotatable bonds is 3. The summed E-state index contributed by atoms with van der Waals surface area (Å²) in [4.78, 5) is 2.16. The van der Waals surface area contributed by atoms with E-state index in [1.807, 2.05) is 24.3 Å². The lowest BCUT2D eigenvalue weighted by atomic mass is 10.2. The quantitative estimate of drug-likeness (QED) is 0.736. The van der Waals surface area contributed by atoms with Crippen LogP contribution >= 0.6 is 0 Å². The molecule has 0 atom stereocenters. The number of benzene rings is 1. The van der Waals surface area contributed by atoms with E-state index < -0.39 is 0 Å². The van der Waals surface area contributed by atoms with E-state index in [1.54, 1.807) is 18.4 Å².